The van der Waals surface area contributed by atoms with Gasteiger partial charge in [0.15, 0.2) is 5.76 Å². The van der Waals surface area contributed by atoms with Crippen molar-refractivity contribution in [2.75, 3.05) is 20.1 Å². The second-order valence-corrected chi connectivity index (χ2v) is 5.76. The number of hydrazine groups is 1. The third-order valence-electron chi connectivity index (χ3n) is 4.12. The largest absolute Gasteiger partial charge is 0.454 e. The summed E-state index contributed by atoms with van der Waals surface area (Å²) in [4.78, 5) is 16.3. The second-order valence-electron chi connectivity index (χ2n) is 5.76. The summed E-state index contributed by atoms with van der Waals surface area (Å²) in [5.41, 5.74) is 2.92. The highest BCUT2D eigenvalue weighted by molar-refractivity contribution is 5.92. The van der Waals surface area contributed by atoms with Gasteiger partial charge in [-0.3, -0.25) is 20.0 Å². The zero-order valence-corrected chi connectivity index (χ0v) is 12.6. The number of furan rings is 1. The molecule has 2 atom stereocenters. The predicted octanol–water partition coefficient (Wildman–Crippen LogP) is 0.716. The van der Waals surface area contributed by atoms with Crippen molar-refractivity contribution in [3.8, 4) is 0 Å². The fourth-order valence-corrected chi connectivity index (χ4v) is 2.78. The van der Waals surface area contributed by atoms with Crippen LogP contribution in [-0.4, -0.2) is 47.9 Å². The number of nitrogens with one attached hydrogen (secondary N) is 1. The quantitative estimate of drug-likeness (QED) is 0.485. The Bertz CT molecular complexity index is 474. The molecule has 0 bridgehead atoms. The first kappa shape index (κ1) is 15.0. The molecule has 2 unspecified atom stereocenters. The molecule has 1 fully saturated rings. The molecule has 6 nitrogen and oxygen atoms in total. The Morgan fingerprint density at radius 3 is 2.60 bits per heavy atom. The van der Waals surface area contributed by atoms with Gasteiger partial charge in [-0.2, -0.15) is 0 Å². The summed E-state index contributed by atoms with van der Waals surface area (Å²) >= 11 is 0. The van der Waals surface area contributed by atoms with Crippen LogP contribution in [0.5, 0.6) is 0 Å². The molecule has 2 heterocycles. The summed E-state index contributed by atoms with van der Waals surface area (Å²) < 4.78 is 5.62. The number of nitrogens with two attached hydrogens (primary N) is 1. The normalized spacial score (nSPS) is 24.9. The van der Waals surface area contributed by atoms with Crippen molar-refractivity contribution < 1.29 is 9.21 Å². The minimum Gasteiger partial charge on any atom is -0.454 e. The molecule has 112 valence electrons. The van der Waals surface area contributed by atoms with Crippen molar-refractivity contribution in [1.82, 2.24) is 15.2 Å². The second kappa shape index (κ2) is 5.95. The maximum absolute atomic E-state index is 11.5. The van der Waals surface area contributed by atoms with E-state index in [4.69, 9.17) is 10.3 Å². The number of nitrogen functional groups attached to an aromatic ring is 1. The molecule has 1 aromatic rings. The molecule has 0 aliphatic carbocycles. The van der Waals surface area contributed by atoms with Gasteiger partial charge in [0.2, 0.25) is 0 Å². The molecule has 0 aromatic carbocycles. The van der Waals surface area contributed by atoms with Crippen LogP contribution in [0.1, 0.15) is 35.7 Å². The lowest BCUT2D eigenvalue weighted by atomic mass is 10.1. The molecule has 1 saturated heterocycles. The van der Waals surface area contributed by atoms with Crippen LogP contribution in [0.2, 0.25) is 0 Å². The zero-order chi connectivity index (χ0) is 14.9. The van der Waals surface area contributed by atoms with Gasteiger partial charge >= 0.3 is 5.91 Å². The molecule has 6 heteroatoms. The Morgan fingerprint density at radius 2 is 2.05 bits per heavy atom. The molecule has 0 radical (unpaired) electrons. The first-order chi connectivity index (χ1) is 9.42. The molecule has 3 N–H and O–H groups in total. The lowest BCUT2D eigenvalue weighted by molar-refractivity contribution is 0.0514. The van der Waals surface area contributed by atoms with E-state index in [2.05, 4.69) is 36.1 Å². The van der Waals surface area contributed by atoms with E-state index >= 15 is 0 Å². The average molecular weight is 280 g/mol. The summed E-state index contributed by atoms with van der Waals surface area (Å²) in [7, 11) is 2.16. The number of hydrogen-bond donors (Lipinski definition) is 2. The molecule has 0 saturated carbocycles. The first-order valence-electron chi connectivity index (χ1n) is 6.97. The van der Waals surface area contributed by atoms with Crippen molar-refractivity contribution in [2.45, 2.75) is 39.4 Å². The molecular weight excluding hydrogens is 256 g/mol. The highest BCUT2D eigenvalue weighted by atomic mass is 16.4. The van der Waals surface area contributed by atoms with E-state index in [0.29, 0.717) is 17.8 Å². The Kier molecular flexibility index (Phi) is 4.47. The molecule has 1 aliphatic rings. The van der Waals surface area contributed by atoms with Crippen LogP contribution in [0.25, 0.3) is 0 Å². The van der Waals surface area contributed by atoms with E-state index in [1.54, 1.807) is 0 Å². The van der Waals surface area contributed by atoms with Crippen LogP contribution in [0.3, 0.4) is 0 Å². The molecule has 0 spiro atoms. The minimum atomic E-state index is -0.381. The third kappa shape index (κ3) is 3.03. The van der Waals surface area contributed by atoms with Gasteiger partial charge < -0.3 is 4.42 Å². The van der Waals surface area contributed by atoms with Crippen molar-refractivity contribution in [3.05, 3.63) is 23.2 Å². The van der Waals surface area contributed by atoms with Crippen molar-refractivity contribution in [3.63, 3.8) is 0 Å². The Balaban J connectivity index is 2.05. The Hall–Kier alpha value is -1.37. The van der Waals surface area contributed by atoms with Gasteiger partial charge in [-0.05, 0) is 33.9 Å². The number of nitrogens with zero attached hydrogens (tertiary/aromatic N) is 2. The highest BCUT2D eigenvalue weighted by Gasteiger charge is 2.27. The zero-order valence-electron chi connectivity index (χ0n) is 12.6. The van der Waals surface area contributed by atoms with Gasteiger partial charge in [-0.25, -0.2) is 5.84 Å². The van der Waals surface area contributed by atoms with Gasteiger partial charge in [0.05, 0.1) is 6.54 Å². The van der Waals surface area contributed by atoms with Gasteiger partial charge in [0.1, 0.15) is 5.76 Å². The van der Waals surface area contributed by atoms with Crippen LogP contribution in [0.4, 0.5) is 0 Å². The van der Waals surface area contributed by atoms with E-state index in [0.717, 1.165) is 31.0 Å². The van der Waals surface area contributed by atoms with E-state index in [9.17, 15) is 4.79 Å². The molecular formula is C14H24N4O2. The van der Waals surface area contributed by atoms with Crippen LogP contribution < -0.4 is 11.3 Å². The topological polar surface area (TPSA) is 74.7 Å². The highest BCUT2D eigenvalue weighted by Crippen LogP contribution is 2.19. The summed E-state index contributed by atoms with van der Waals surface area (Å²) in [6.45, 7) is 9.03. The SMILES string of the molecule is Cc1cc(CN2CC(C)N(C)C(C)C2)oc1C(=O)NN. The van der Waals surface area contributed by atoms with Crippen molar-refractivity contribution in [2.24, 2.45) is 5.84 Å². The van der Waals surface area contributed by atoms with Gasteiger partial charge in [0.25, 0.3) is 0 Å². The summed E-state index contributed by atoms with van der Waals surface area (Å²) in [6, 6.07) is 2.95. The van der Waals surface area contributed by atoms with Crippen LogP contribution >= 0.6 is 0 Å². The van der Waals surface area contributed by atoms with Crippen LogP contribution in [-0.2, 0) is 6.54 Å². The number of hydrogen-bond acceptors (Lipinski definition) is 5. The monoisotopic (exact) mass is 280 g/mol. The fraction of sp³-hybridized carbons (Fsp3) is 0.643. The third-order valence-corrected chi connectivity index (χ3v) is 4.12. The number of rotatable bonds is 3. The summed E-state index contributed by atoms with van der Waals surface area (Å²) in [6.07, 6.45) is 0. The number of amides is 1. The number of piperazine rings is 1. The molecule has 1 amide bonds. The molecule has 1 aromatic heterocycles. The van der Waals surface area contributed by atoms with Crippen LogP contribution in [0, 0.1) is 6.92 Å². The first-order valence-corrected chi connectivity index (χ1v) is 6.97. The van der Waals surface area contributed by atoms with Crippen LogP contribution in [0.15, 0.2) is 10.5 Å². The standard InChI is InChI=1S/C14H24N4O2/c1-9-5-12(20-13(9)14(19)16-15)8-18-6-10(2)17(4)11(3)7-18/h5,10-11H,6-8,15H2,1-4H3,(H,16,19). The number of carbonyl (C=O) groups excluding carboxylic acids is 1. The Labute approximate surface area is 119 Å². The maximum Gasteiger partial charge on any atom is 0.301 e. The molecule has 20 heavy (non-hydrogen) atoms. The van der Waals surface area contributed by atoms with Crippen molar-refractivity contribution in [1.29, 1.82) is 0 Å². The van der Waals surface area contributed by atoms with E-state index < -0.39 is 0 Å². The minimum absolute atomic E-state index is 0.303. The van der Waals surface area contributed by atoms with Gasteiger partial charge in [-0.15, -0.1) is 0 Å². The Morgan fingerprint density at radius 1 is 1.45 bits per heavy atom. The lowest BCUT2D eigenvalue weighted by Crippen LogP contribution is -2.54. The molecule has 1 aliphatic heterocycles. The average Bonchev–Trinajstić information content (AvgIpc) is 2.75. The van der Waals surface area contributed by atoms with Gasteiger partial charge in [0, 0.05) is 30.7 Å². The lowest BCUT2D eigenvalue weighted by Gasteiger charge is -2.42. The smallest absolute Gasteiger partial charge is 0.301 e. The maximum atomic E-state index is 11.5. The number of likely N-dealkylation sites (N-methyl/N-ethyl adjacent to an activating group) is 1. The van der Waals surface area contributed by atoms with Crippen molar-refractivity contribution >= 4 is 5.91 Å². The predicted molar refractivity (Wildman–Crippen MR) is 77.1 cm³/mol. The van der Waals surface area contributed by atoms with Gasteiger partial charge in [-0.1, -0.05) is 0 Å². The number of carbonyl (C=O) groups is 1. The fourth-order valence-electron chi connectivity index (χ4n) is 2.78. The molecule has 2 rings (SSSR count). The van der Waals surface area contributed by atoms with E-state index in [-0.39, 0.29) is 5.91 Å². The number of aryl methyl sites for hydroxylation is 1. The summed E-state index contributed by atoms with van der Waals surface area (Å²) in [5, 5.41) is 0. The van der Waals surface area contributed by atoms with E-state index in [1.807, 2.05) is 13.0 Å². The summed E-state index contributed by atoms with van der Waals surface area (Å²) in [5.74, 6) is 5.88. The van der Waals surface area contributed by atoms with E-state index in [1.165, 1.54) is 0 Å².